The van der Waals surface area contributed by atoms with Gasteiger partial charge in [-0.15, -0.1) is 0 Å². The van der Waals surface area contributed by atoms with E-state index in [4.69, 9.17) is 9.47 Å². The molecule has 1 N–H and O–H groups in total. The Labute approximate surface area is 183 Å². The number of fused-ring (bicyclic) bond motifs is 1. The van der Waals surface area contributed by atoms with Gasteiger partial charge >= 0.3 is 0 Å². The SMILES string of the molecule is COCCN(CCOC)S(=O)(=O)c1ccc(C(=O)Nc2nc3ccc(F)cc3s2)cc1. The molecule has 0 saturated carbocycles. The standard InChI is InChI=1S/C20H22FN3O5S2/c1-28-11-9-24(10-12-29-2)31(26,27)16-6-3-14(4-7-16)19(25)23-20-22-17-8-5-15(21)13-18(17)30-20/h3-8,13H,9-12H2,1-2H3,(H,22,23,25). The highest BCUT2D eigenvalue weighted by atomic mass is 32.2. The van der Waals surface area contributed by atoms with E-state index < -0.39 is 15.9 Å². The van der Waals surface area contributed by atoms with Gasteiger partial charge in [0, 0.05) is 32.9 Å². The molecule has 0 aliphatic heterocycles. The van der Waals surface area contributed by atoms with Crippen molar-refractivity contribution in [2.45, 2.75) is 4.90 Å². The lowest BCUT2D eigenvalue weighted by molar-refractivity contribution is 0.102. The number of methoxy groups -OCH3 is 2. The topological polar surface area (TPSA) is 97.8 Å². The second kappa shape index (κ2) is 10.2. The molecule has 1 heterocycles. The minimum absolute atomic E-state index is 0.0618. The van der Waals surface area contributed by atoms with Gasteiger partial charge < -0.3 is 9.47 Å². The number of amides is 1. The van der Waals surface area contributed by atoms with Crippen molar-refractivity contribution in [2.75, 3.05) is 45.8 Å². The number of sulfonamides is 1. The third-order valence-electron chi connectivity index (χ3n) is 4.41. The van der Waals surface area contributed by atoms with Crippen LogP contribution in [-0.2, 0) is 19.5 Å². The van der Waals surface area contributed by atoms with Crippen molar-refractivity contribution >= 4 is 42.6 Å². The molecular formula is C20H22FN3O5S2. The van der Waals surface area contributed by atoms with E-state index in [1.54, 1.807) is 0 Å². The number of benzene rings is 2. The molecule has 0 bridgehead atoms. The van der Waals surface area contributed by atoms with Crippen molar-refractivity contribution in [3.63, 3.8) is 0 Å². The number of carbonyl (C=O) groups excluding carboxylic acids is 1. The maximum atomic E-state index is 13.3. The minimum Gasteiger partial charge on any atom is -0.383 e. The second-order valence-electron chi connectivity index (χ2n) is 6.50. The number of anilines is 1. The fourth-order valence-corrected chi connectivity index (χ4v) is 5.08. The Balaban J connectivity index is 1.74. The molecule has 11 heteroatoms. The predicted octanol–water partition coefficient (Wildman–Crippen LogP) is 2.97. The summed E-state index contributed by atoms with van der Waals surface area (Å²) in [5.74, 6) is -0.824. The molecule has 3 rings (SSSR count). The predicted molar refractivity (Wildman–Crippen MR) is 116 cm³/mol. The quantitative estimate of drug-likeness (QED) is 0.492. The number of thiazole rings is 1. The molecule has 166 valence electrons. The lowest BCUT2D eigenvalue weighted by Crippen LogP contribution is -2.36. The van der Waals surface area contributed by atoms with Gasteiger partial charge in [0.15, 0.2) is 5.13 Å². The first-order valence-corrected chi connectivity index (χ1v) is 11.6. The van der Waals surface area contributed by atoms with Gasteiger partial charge in [0.05, 0.1) is 28.3 Å². The molecule has 0 aliphatic rings. The van der Waals surface area contributed by atoms with E-state index in [0.29, 0.717) is 15.3 Å². The summed E-state index contributed by atoms with van der Waals surface area (Å²) in [6, 6.07) is 9.81. The summed E-state index contributed by atoms with van der Waals surface area (Å²) >= 11 is 1.15. The number of nitrogens with zero attached hydrogens (tertiary/aromatic N) is 2. The number of aromatic nitrogens is 1. The summed E-state index contributed by atoms with van der Waals surface area (Å²) in [7, 11) is -0.780. The normalized spacial score (nSPS) is 11.9. The number of nitrogens with one attached hydrogen (secondary N) is 1. The van der Waals surface area contributed by atoms with Gasteiger partial charge in [-0.05, 0) is 42.5 Å². The summed E-state index contributed by atoms with van der Waals surface area (Å²) in [5, 5.41) is 2.98. The summed E-state index contributed by atoms with van der Waals surface area (Å²) in [6.07, 6.45) is 0. The van der Waals surface area contributed by atoms with Gasteiger partial charge in [-0.1, -0.05) is 11.3 Å². The molecule has 8 nitrogen and oxygen atoms in total. The van der Waals surface area contributed by atoms with Gasteiger partial charge in [0.2, 0.25) is 10.0 Å². The van der Waals surface area contributed by atoms with Crippen LogP contribution in [0.3, 0.4) is 0 Å². The van der Waals surface area contributed by atoms with E-state index in [1.807, 2.05) is 0 Å². The molecule has 0 spiro atoms. The van der Waals surface area contributed by atoms with Crippen LogP contribution in [-0.4, -0.2) is 64.1 Å². The maximum absolute atomic E-state index is 13.3. The molecule has 0 fully saturated rings. The molecule has 2 aromatic carbocycles. The Hall–Kier alpha value is -2.44. The average Bonchev–Trinajstić information content (AvgIpc) is 3.15. The third-order valence-corrected chi connectivity index (χ3v) is 7.26. The van der Waals surface area contributed by atoms with E-state index in [2.05, 4.69) is 10.3 Å². The summed E-state index contributed by atoms with van der Waals surface area (Å²) in [5.41, 5.74) is 0.847. The monoisotopic (exact) mass is 467 g/mol. The zero-order valence-corrected chi connectivity index (χ0v) is 18.6. The number of hydrogen-bond acceptors (Lipinski definition) is 7. The number of rotatable bonds is 10. The van der Waals surface area contributed by atoms with Crippen molar-refractivity contribution in [1.82, 2.24) is 9.29 Å². The number of ether oxygens (including phenoxy) is 2. The Bertz CT molecular complexity index is 1140. The number of hydrogen-bond donors (Lipinski definition) is 1. The van der Waals surface area contributed by atoms with Crippen LogP contribution in [0.2, 0.25) is 0 Å². The van der Waals surface area contributed by atoms with Crippen molar-refractivity contribution in [3.05, 3.63) is 53.8 Å². The Morgan fingerprint density at radius 1 is 1.10 bits per heavy atom. The van der Waals surface area contributed by atoms with Crippen LogP contribution < -0.4 is 5.32 Å². The average molecular weight is 468 g/mol. The van der Waals surface area contributed by atoms with E-state index >= 15 is 0 Å². The molecule has 1 aromatic heterocycles. The molecular weight excluding hydrogens is 445 g/mol. The largest absolute Gasteiger partial charge is 0.383 e. The first-order valence-electron chi connectivity index (χ1n) is 9.30. The maximum Gasteiger partial charge on any atom is 0.257 e. The molecule has 31 heavy (non-hydrogen) atoms. The lowest BCUT2D eigenvalue weighted by Gasteiger charge is -2.21. The van der Waals surface area contributed by atoms with Gasteiger partial charge in [-0.3, -0.25) is 10.1 Å². The number of halogens is 1. The second-order valence-corrected chi connectivity index (χ2v) is 9.47. The van der Waals surface area contributed by atoms with Crippen LogP contribution in [0, 0.1) is 5.82 Å². The van der Waals surface area contributed by atoms with Gasteiger partial charge in [0.25, 0.3) is 5.91 Å². The molecule has 3 aromatic rings. The Morgan fingerprint density at radius 3 is 2.35 bits per heavy atom. The van der Waals surface area contributed by atoms with Gasteiger partial charge in [0.1, 0.15) is 5.82 Å². The zero-order chi connectivity index (χ0) is 22.4. The van der Waals surface area contributed by atoms with Crippen LogP contribution in [0.25, 0.3) is 10.2 Å². The van der Waals surface area contributed by atoms with Crippen LogP contribution in [0.4, 0.5) is 9.52 Å². The fraction of sp³-hybridized carbons (Fsp3) is 0.300. The molecule has 0 unspecified atom stereocenters. The molecule has 0 atom stereocenters. The lowest BCUT2D eigenvalue weighted by atomic mass is 10.2. The Morgan fingerprint density at radius 2 is 1.74 bits per heavy atom. The Kier molecular flexibility index (Phi) is 7.68. The third kappa shape index (κ3) is 5.63. The van der Waals surface area contributed by atoms with Crippen LogP contribution in [0.15, 0.2) is 47.4 Å². The highest BCUT2D eigenvalue weighted by Crippen LogP contribution is 2.27. The fourth-order valence-electron chi connectivity index (χ4n) is 2.79. The van der Waals surface area contributed by atoms with Crippen LogP contribution >= 0.6 is 11.3 Å². The first kappa shape index (κ1) is 23.2. The smallest absolute Gasteiger partial charge is 0.257 e. The van der Waals surface area contributed by atoms with Crippen LogP contribution in [0.5, 0.6) is 0 Å². The van der Waals surface area contributed by atoms with Crippen molar-refractivity contribution in [2.24, 2.45) is 0 Å². The zero-order valence-electron chi connectivity index (χ0n) is 17.0. The number of carbonyl (C=O) groups is 1. The molecule has 0 saturated heterocycles. The van der Waals surface area contributed by atoms with Crippen molar-refractivity contribution < 1.29 is 27.1 Å². The van der Waals surface area contributed by atoms with Gasteiger partial charge in [-0.25, -0.2) is 17.8 Å². The highest BCUT2D eigenvalue weighted by Gasteiger charge is 2.24. The minimum atomic E-state index is -3.77. The van der Waals surface area contributed by atoms with Crippen LogP contribution in [0.1, 0.15) is 10.4 Å². The molecule has 1 amide bonds. The van der Waals surface area contributed by atoms with Crippen molar-refractivity contribution in [3.8, 4) is 0 Å². The van der Waals surface area contributed by atoms with E-state index in [9.17, 15) is 17.6 Å². The van der Waals surface area contributed by atoms with Crippen molar-refractivity contribution in [1.29, 1.82) is 0 Å². The van der Waals surface area contributed by atoms with E-state index in [0.717, 1.165) is 11.3 Å². The van der Waals surface area contributed by atoms with E-state index in [-0.39, 0.29) is 42.6 Å². The summed E-state index contributed by atoms with van der Waals surface area (Å²) in [6.45, 7) is 0.857. The highest BCUT2D eigenvalue weighted by molar-refractivity contribution is 7.89. The van der Waals surface area contributed by atoms with E-state index in [1.165, 1.54) is 61.0 Å². The first-order chi connectivity index (χ1) is 14.8. The molecule has 0 radical (unpaired) electrons. The summed E-state index contributed by atoms with van der Waals surface area (Å²) < 4.78 is 51.0. The summed E-state index contributed by atoms with van der Waals surface area (Å²) in [4.78, 5) is 16.8. The molecule has 0 aliphatic carbocycles. The van der Waals surface area contributed by atoms with Gasteiger partial charge in [-0.2, -0.15) is 4.31 Å².